The maximum atomic E-state index is 12.0. The summed E-state index contributed by atoms with van der Waals surface area (Å²) in [5, 5.41) is 1.70. The Morgan fingerprint density at radius 2 is 1.83 bits per heavy atom. The Bertz CT molecular complexity index is 628. The van der Waals surface area contributed by atoms with Gasteiger partial charge < -0.3 is 11.1 Å². The van der Waals surface area contributed by atoms with E-state index in [1.54, 1.807) is 12.2 Å². The summed E-state index contributed by atoms with van der Waals surface area (Å²) in [6, 6.07) is 4.43. The molecule has 23 heavy (non-hydrogen) atoms. The minimum absolute atomic E-state index is 0.0659. The van der Waals surface area contributed by atoms with Crippen LogP contribution in [0.4, 0.5) is 13.2 Å². The first-order valence-electron chi connectivity index (χ1n) is 6.71. The lowest BCUT2D eigenvalue weighted by atomic mass is 10.2. The maximum absolute atomic E-state index is 12.0. The first-order chi connectivity index (χ1) is 10.5. The molecule has 1 atom stereocenters. The van der Waals surface area contributed by atoms with E-state index in [9.17, 15) is 26.4 Å². The summed E-state index contributed by atoms with van der Waals surface area (Å²) in [5.74, 6) is -0.934. The second-order valence-electron chi connectivity index (χ2n) is 4.99. The number of carbonyl (C=O) groups is 1. The van der Waals surface area contributed by atoms with Gasteiger partial charge in [0.05, 0.1) is 4.90 Å². The molecule has 0 aliphatic rings. The molecule has 4 N–H and O–H groups in total. The van der Waals surface area contributed by atoms with E-state index in [1.807, 2.05) is 0 Å². The van der Waals surface area contributed by atoms with Crippen LogP contribution < -0.4 is 15.8 Å². The normalized spacial score (nSPS) is 13.6. The molecule has 130 valence electrons. The van der Waals surface area contributed by atoms with Crippen LogP contribution in [0.5, 0.6) is 0 Å². The molecule has 0 aliphatic heterocycles. The quantitative estimate of drug-likeness (QED) is 0.680. The van der Waals surface area contributed by atoms with Gasteiger partial charge in [-0.05, 0) is 37.6 Å². The van der Waals surface area contributed by atoms with Gasteiger partial charge in [-0.1, -0.05) is 0 Å². The van der Waals surface area contributed by atoms with Crippen LogP contribution >= 0.6 is 0 Å². The molecule has 0 aromatic heterocycles. The van der Waals surface area contributed by atoms with Crippen LogP contribution in [0.1, 0.15) is 23.7 Å². The highest BCUT2D eigenvalue weighted by molar-refractivity contribution is 7.89. The second-order valence-corrected chi connectivity index (χ2v) is 6.75. The van der Waals surface area contributed by atoms with Gasteiger partial charge in [0.25, 0.3) is 5.91 Å². The molecule has 10 heteroatoms. The van der Waals surface area contributed by atoms with Crippen molar-refractivity contribution in [3.05, 3.63) is 29.8 Å². The highest BCUT2D eigenvalue weighted by Gasteiger charge is 2.28. The van der Waals surface area contributed by atoms with Gasteiger partial charge in [0.2, 0.25) is 10.0 Å². The molecule has 0 aliphatic carbocycles. The summed E-state index contributed by atoms with van der Waals surface area (Å²) in [7, 11) is -3.75. The summed E-state index contributed by atoms with van der Waals surface area (Å²) in [4.78, 5) is 11.4. The van der Waals surface area contributed by atoms with E-state index in [2.05, 4.69) is 4.72 Å². The molecule has 1 rings (SSSR count). The lowest BCUT2D eigenvalue weighted by Gasteiger charge is -2.10. The number of hydrogen-bond donors (Lipinski definition) is 3. The van der Waals surface area contributed by atoms with Gasteiger partial charge in [-0.3, -0.25) is 4.79 Å². The van der Waals surface area contributed by atoms with Crippen molar-refractivity contribution < 1.29 is 26.4 Å². The van der Waals surface area contributed by atoms with E-state index < -0.39 is 28.7 Å². The van der Waals surface area contributed by atoms with E-state index in [-0.39, 0.29) is 23.0 Å². The monoisotopic (exact) mass is 353 g/mol. The maximum Gasteiger partial charge on any atom is 0.405 e. The first-order valence-corrected chi connectivity index (χ1v) is 8.20. The van der Waals surface area contributed by atoms with Crippen molar-refractivity contribution in [3.8, 4) is 0 Å². The number of alkyl halides is 3. The molecule has 0 spiro atoms. The molecule has 0 radical (unpaired) electrons. The predicted octanol–water partition coefficient (Wildman–Crippen LogP) is 0.994. The largest absolute Gasteiger partial charge is 0.405 e. The SMILES string of the molecule is CC(N)CCNS(=O)(=O)c1ccc(C(=O)NCC(F)(F)F)cc1. The molecule has 6 nitrogen and oxygen atoms in total. The fraction of sp³-hybridized carbons (Fsp3) is 0.462. The van der Waals surface area contributed by atoms with Gasteiger partial charge >= 0.3 is 6.18 Å². The van der Waals surface area contributed by atoms with Gasteiger partial charge in [0, 0.05) is 18.2 Å². The number of amides is 1. The molecule has 0 fully saturated rings. The number of nitrogens with one attached hydrogen (secondary N) is 2. The van der Waals surface area contributed by atoms with Crippen molar-refractivity contribution in [2.24, 2.45) is 5.73 Å². The van der Waals surface area contributed by atoms with Crippen molar-refractivity contribution in [3.63, 3.8) is 0 Å². The third-order valence-electron chi connectivity index (χ3n) is 2.77. The fourth-order valence-electron chi connectivity index (χ4n) is 1.57. The van der Waals surface area contributed by atoms with Crippen LogP contribution in [-0.4, -0.2) is 39.6 Å². The second kappa shape index (κ2) is 7.75. The minimum atomic E-state index is -4.51. The standard InChI is InChI=1S/C13H18F3N3O3S/c1-9(17)6-7-19-23(21,22)11-4-2-10(3-5-11)12(20)18-8-13(14,15)16/h2-5,9,19H,6-8,17H2,1H3,(H,18,20). The lowest BCUT2D eigenvalue weighted by molar-refractivity contribution is -0.123. The Labute approximate surface area is 132 Å². The zero-order valence-electron chi connectivity index (χ0n) is 12.4. The molecule has 0 saturated carbocycles. The number of hydrogen-bond acceptors (Lipinski definition) is 4. The molecule has 1 aromatic carbocycles. The van der Waals surface area contributed by atoms with E-state index in [1.165, 1.54) is 0 Å². The third-order valence-corrected chi connectivity index (χ3v) is 4.24. The summed E-state index contributed by atoms with van der Waals surface area (Å²) in [6.07, 6.45) is -4.06. The molecule has 0 bridgehead atoms. The van der Waals surface area contributed by atoms with Crippen LogP contribution in [0.25, 0.3) is 0 Å². The van der Waals surface area contributed by atoms with Crippen LogP contribution in [0, 0.1) is 0 Å². The van der Waals surface area contributed by atoms with Crippen molar-refractivity contribution in [1.82, 2.24) is 10.0 Å². The van der Waals surface area contributed by atoms with Crippen molar-refractivity contribution in [2.75, 3.05) is 13.1 Å². The zero-order valence-corrected chi connectivity index (χ0v) is 13.2. The van der Waals surface area contributed by atoms with Gasteiger partial charge in [0.1, 0.15) is 6.54 Å². The lowest BCUT2D eigenvalue weighted by Crippen LogP contribution is -2.33. The van der Waals surface area contributed by atoms with Gasteiger partial charge in [0.15, 0.2) is 0 Å². The van der Waals surface area contributed by atoms with Crippen molar-refractivity contribution in [2.45, 2.75) is 30.5 Å². The topological polar surface area (TPSA) is 101 Å². The first kappa shape index (κ1) is 19.4. The molecule has 1 unspecified atom stereocenters. The van der Waals surface area contributed by atoms with Gasteiger partial charge in [-0.25, -0.2) is 13.1 Å². The average molecular weight is 353 g/mol. The zero-order chi connectivity index (χ0) is 17.7. The average Bonchev–Trinajstić information content (AvgIpc) is 2.43. The Balaban J connectivity index is 2.70. The summed E-state index contributed by atoms with van der Waals surface area (Å²) < 4.78 is 62.3. The fourth-order valence-corrected chi connectivity index (χ4v) is 2.62. The minimum Gasteiger partial charge on any atom is -0.343 e. The van der Waals surface area contributed by atoms with E-state index >= 15 is 0 Å². The van der Waals surface area contributed by atoms with Gasteiger partial charge in [-0.2, -0.15) is 13.2 Å². The van der Waals surface area contributed by atoms with Crippen LogP contribution in [0.15, 0.2) is 29.2 Å². The van der Waals surface area contributed by atoms with E-state index in [4.69, 9.17) is 5.73 Å². The molecular weight excluding hydrogens is 335 g/mol. The van der Waals surface area contributed by atoms with E-state index in [0.29, 0.717) is 6.42 Å². The summed E-state index contributed by atoms with van der Waals surface area (Å²) in [5.41, 5.74) is 5.45. The Morgan fingerprint density at radius 3 is 2.30 bits per heavy atom. The summed E-state index contributed by atoms with van der Waals surface area (Å²) >= 11 is 0. The van der Waals surface area contributed by atoms with E-state index in [0.717, 1.165) is 24.3 Å². The van der Waals surface area contributed by atoms with Crippen LogP contribution in [-0.2, 0) is 10.0 Å². The molecule has 0 heterocycles. The Hall–Kier alpha value is -1.65. The number of rotatable bonds is 7. The number of nitrogens with two attached hydrogens (primary N) is 1. The molecule has 1 aromatic rings. The molecular formula is C13H18F3N3O3S. The highest BCUT2D eigenvalue weighted by atomic mass is 32.2. The van der Waals surface area contributed by atoms with Crippen molar-refractivity contribution in [1.29, 1.82) is 0 Å². The number of halogens is 3. The number of sulfonamides is 1. The number of carbonyl (C=O) groups excluding carboxylic acids is 1. The van der Waals surface area contributed by atoms with Gasteiger partial charge in [-0.15, -0.1) is 0 Å². The number of benzene rings is 1. The Morgan fingerprint density at radius 1 is 1.26 bits per heavy atom. The van der Waals surface area contributed by atoms with Crippen molar-refractivity contribution >= 4 is 15.9 Å². The Kier molecular flexibility index (Phi) is 6.54. The summed E-state index contributed by atoms with van der Waals surface area (Å²) in [6.45, 7) is 0.446. The highest BCUT2D eigenvalue weighted by Crippen LogP contribution is 2.14. The molecule has 0 saturated heterocycles. The third kappa shape index (κ3) is 6.97. The molecule has 1 amide bonds. The van der Waals surface area contributed by atoms with Crippen LogP contribution in [0.3, 0.4) is 0 Å². The smallest absolute Gasteiger partial charge is 0.343 e. The predicted molar refractivity (Wildman–Crippen MR) is 78.3 cm³/mol. The van der Waals surface area contributed by atoms with Crippen LogP contribution in [0.2, 0.25) is 0 Å².